The first-order valence-corrected chi connectivity index (χ1v) is 10.7. The second-order valence-electron chi connectivity index (χ2n) is 8.80. The van der Waals surface area contributed by atoms with Crippen molar-refractivity contribution in [2.45, 2.75) is 69.1 Å². The highest BCUT2D eigenvalue weighted by atomic mass is 19.4. The van der Waals surface area contributed by atoms with Gasteiger partial charge >= 0.3 is 6.18 Å². The normalized spacial score (nSPS) is 25.2. The Labute approximate surface area is 173 Å². The molecule has 0 aliphatic heterocycles. The van der Waals surface area contributed by atoms with Crippen molar-refractivity contribution < 1.29 is 22.0 Å². The number of nitrogens with one attached hydrogen (secondary N) is 1. The van der Waals surface area contributed by atoms with Gasteiger partial charge in [0.05, 0.1) is 5.56 Å². The highest BCUT2D eigenvalue weighted by Crippen LogP contribution is 2.41. The molecule has 2 aliphatic carbocycles. The van der Waals surface area contributed by atoms with Gasteiger partial charge in [-0.2, -0.15) is 13.2 Å². The summed E-state index contributed by atoms with van der Waals surface area (Å²) in [5.74, 6) is -0.824. The van der Waals surface area contributed by atoms with Gasteiger partial charge in [0.15, 0.2) is 0 Å². The predicted molar refractivity (Wildman–Crippen MR) is 106 cm³/mol. The minimum atomic E-state index is -4.56. The molecule has 0 heterocycles. The van der Waals surface area contributed by atoms with Crippen LogP contribution in [0.15, 0.2) is 42.5 Å². The average Bonchev–Trinajstić information content (AvgIpc) is 3.32. The van der Waals surface area contributed by atoms with Crippen molar-refractivity contribution in [2.24, 2.45) is 5.92 Å². The summed E-state index contributed by atoms with van der Waals surface area (Å²) >= 11 is 0. The zero-order valence-electron chi connectivity index (χ0n) is 16.7. The Hall–Kier alpha value is -1.95. The van der Waals surface area contributed by atoms with Crippen LogP contribution >= 0.6 is 0 Å². The monoisotopic (exact) mass is 423 g/mol. The zero-order chi connectivity index (χ0) is 21.3. The molecule has 6 heteroatoms. The van der Waals surface area contributed by atoms with Gasteiger partial charge in [0.25, 0.3) is 0 Å². The van der Waals surface area contributed by atoms with Crippen molar-refractivity contribution >= 4 is 0 Å². The molecule has 0 saturated heterocycles. The molecule has 0 amide bonds. The van der Waals surface area contributed by atoms with E-state index < -0.39 is 17.6 Å². The number of hydrogen-bond acceptors (Lipinski definition) is 1. The van der Waals surface area contributed by atoms with Gasteiger partial charge in [-0.1, -0.05) is 25.0 Å². The molecule has 2 fully saturated rings. The summed E-state index contributed by atoms with van der Waals surface area (Å²) in [7, 11) is 0. The van der Waals surface area contributed by atoms with E-state index in [1.165, 1.54) is 31.0 Å². The summed E-state index contributed by atoms with van der Waals surface area (Å²) in [5.41, 5.74) is 0.488. The number of alkyl halides is 3. The number of benzene rings is 2. The van der Waals surface area contributed by atoms with E-state index in [2.05, 4.69) is 5.32 Å². The number of halogens is 5. The molecule has 162 valence electrons. The smallest absolute Gasteiger partial charge is 0.311 e. The third-order valence-electron chi connectivity index (χ3n) is 6.57. The molecular weight excluding hydrogens is 397 g/mol. The third-order valence-corrected chi connectivity index (χ3v) is 6.57. The minimum absolute atomic E-state index is 0.141. The highest BCUT2D eigenvalue weighted by Gasteiger charge is 2.37. The van der Waals surface area contributed by atoms with Crippen LogP contribution in [0.2, 0.25) is 0 Å². The molecule has 1 N–H and O–H groups in total. The average molecular weight is 423 g/mol. The summed E-state index contributed by atoms with van der Waals surface area (Å²) in [6.45, 7) is 0. The van der Waals surface area contributed by atoms with Crippen LogP contribution in [-0.4, -0.2) is 12.1 Å². The molecule has 2 aliphatic rings. The second-order valence-corrected chi connectivity index (χ2v) is 8.80. The molecule has 3 atom stereocenters. The molecule has 0 aromatic heterocycles. The molecule has 0 spiro atoms. The summed E-state index contributed by atoms with van der Waals surface area (Å²) < 4.78 is 66.4. The molecule has 2 saturated carbocycles. The standard InChI is InChI=1S/C24H26F5N/c25-19-7-5-17(6-8-19)22-12-16(13-23(22)30-21-3-1-2-4-21)9-15-10-18(24(27,28)29)14-20(26)11-15/h5-8,10-11,14,16,21-23,30H,1-4,9,12-13H2. The molecule has 0 radical (unpaired) electrons. The Balaban J connectivity index is 1.53. The van der Waals surface area contributed by atoms with Gasteiger partial charge in [-0.25, -0.2) is 8.78 Å². The Kier molecular flexibility index (Phi) is 6.14. The van der Waals surface area contributed by atoms with Crippen LogP contribution in [0.5, 0.6) is 0 Å². The van der Waals surface area contributed by atoms with E-state index in [0.717, 1.165) is 37.3 Å². The largest absolute Gasteiger partial charge is 0.416 e. The van der Waals surface area contributed by atoms with Crippen molar-refractivity contribution in [1.29, 1.82) is 0 Å². The van der Waals surface area contributed by atoms with E-state index in [-0.39, 0.29) is 23.7 Å². The minimum Gasteiger partial charge on any atom is -0.311 e. The lowest BCUT2D eigenvalue weighted by atomic mass is 9.91. The first-order chi connectivity index (χ1) is 14.3. The van der Waals surface area contributed by atoms with Gasteiger partial charge in [-0.05, 0) is 85.4 Å². The maximum absolute atomic E-state index is 13.8. The summed E-state index contributed by atoms with van der Waals surface area (Å²) in [4.78, 5) is 0. The number of rotatable bonds is 5. The van der Waals surface area contributed by atoms with E-state index >= 15 is 0 Å². The van der Waals surface area contributed by atoms with Crippen molar-refractivity contribution in [1.82, 2.24) is 5.32 Å². The summed E-state index contributed by atoms with van der Waals surface area (Å²) in [6, 6.07) is 9.99. The fraction of sp³-hybridized carbons (Fsp3) is 0.500. The predicted octanol–water partition coefficient (Wildman–Crippen LogP) is 6.62. The SMILES string of the molecule is Fc1ccc(C2CC(Cc3cc(F)cc(C(F)(F)F)c3)CC2NC2CCCC2)cc1. The second kappa shape index (κ2) is 8.66. The molecule has 3 unspecified atom stereocenters. The molecule has 2 aromatic rings. The first-order valence-electron chi connectivity index (χ1n) is 10.7. The fourth-order valence-corrected chi connectivity index (χ4v) is 5.23. The van der Waals surface area contributed by atoms with Crippen LogP contribution in [0, 0.1) is 17.6 Å². The fourth-order valence-electron chi connectivity index (χ4n) is 5.23. The highest BCUT2D eigenvalue weighted by molar-refractivity contribution is 5.29. The van der Waals surface area contributed by atoms with E-state index in [1.807, 2.05) is 0 Å². The van der Waals surface area contributed by atoms with Crippen molar-refractivity contribution in [3.63, 3.8) is 0 Å². The molecule has 0 bridgehead atoms. The Bertz CT molecular complexity index is 855. The topological polar surface area (TPSA) is 12.0 Å². The van der Waals surface area contributed by atoms with Gasteiger partial charge in [-0.3, -0.25) is 0 Å². The maximum atomic E-state index is 13.8. The third kappa shape index (κ3) is 5.02. The van der Waals surface area contributed by atoms with Crippen LogP contribution < -0.4 is 5.32 Å². The van der Waals surface area contributed by atoms with E-state index in [4.69, 9.17) is 0 Å². The van der Waals surface area contributed by atoms with E-state index in [0.29, 0.717) is 24.1 Å². The van der Waals surface area contributed by atoms with Crippen molar-refractivity contribution in [3.05, 3.63) is 70.8 Å². The van der Waals surface area contributed by atoms with Crippen molar-refractivity contribution in [2.75, 3.05) is 0 Å². The Morgan fingerprint density at radius 2 is 1.57 bits per heavy atom. The Morgan fingerprint density at radius 3 is 2.23 bits per heavy atom. The van der Waals surface area contributed by atoms with Crippen LogP contribution in [0.4, 0.5) is 22.0 Å². The van der Waals surface area contributed by atoms with Gasteiger partial charge in [0.1, 0.15) is 11.6 Å². The van der Waals surface area contributed by atoms with Crippen LogP contribution in [-0.2, 0) is 12.6 Å². The molecule has 2 aromatic carbocycles. The molecule has 4 rings (SSSR count). The Morgan fingerprint density at radius 1 is 0.867 bits per heavy atom. The maximum Gasteiger partial charge on any atom is 0.416 e. The zero-order valence-corrected chi connectivity index (χ0v) is 16.7. The first kappa shape index (κ1) is 21.3. The van der Waals surface area contributed by atoms with Crippen LogP contribution in [0.3, 0.4) is 0 Å². The van der Waals surface area contributed by atoms with Gasteiger partial charge in [-0.15, -0.1) is 0 Å². The van der Waals surface area contributed by atoms with Crippen LogP contribution in [0.25, 0.3) is 0 Å². The molecular formula is C24H26F5N. The van der Waals surface area contributed by atoms with Gasteiger partial charge in [0.2, 0.25) is 0 Å². The quantitative estimate of drug-likeness (QED) is 0.533. The van der Waals surface area contributed by atoms with Crippen molar-refractivity contribution in [3.8, 4) is 0 Å². The lowest BCUT2D eigenvalue weighted by Gasteiger charge is -2.25. The lowest BCUT2D eigenvalue weighted by Crippen LogP contribution is -2.38. The molecule has 30 heavy (non-hydrogen) atoms. The van der Waals surface area contributed by atoms with E-state index in [9.17, 15) is 22.0 Å². The summed E-state index contributed by atoms with van der Waals surface area (Å²) in [5, 5.41) is 3.76. The van der Waals surface area contributed by atoms with Gasteiger partial charge in [0, 0.05) is 12.1 Å². The molecule has 1 nitrogen and oxygen atoms in total. The van der Waals surface area contributed by atoms with Crippen LogP contribution in [0.1, 0.15) is 61.1 Å². The lowest BCUT2D eigenvalue weighted by molar-refractivity contribution is -0.137. The number of hydrogen-bond donors (Lipinski definition) is 1. The van der Waals surface area contributed by atoms with E-state index in [1.54, 1.807) is 12.1 Å². The summed E-state index contributed by atoms with van der Waals surface area (Å²) in [6.07, 6.45) is 2.13. The van der Waals surface area contributed by atoms with Gasteiger partial charge < -0.3 is 5.32 Å².